The second kappa shape index (κ2) is 7.43. The van der Waals surface area contributed by atoms with Gasteiger partial charge in [-0.05, 0) is 49.7 Å². The Morgan fingerprint density at radius 1 is 0.966 bits per heavy atom. The molecule has 5 nitrogen and oxygen atoms in total. The molecule has 0 aliphatic carbocycles. The van der Waals surface area contributed by atoms with Crippen LogP contribution < -0.4 is 15.5 Å². The van der Waals surface area contributed by atoms with Gasteiger partial charge in [0.15, 0.2) is 0 Å². The van der Waals surface area contributed by atoms with Gasteiger partial charge in [0.25, 0.3) is 5.91 Å². The van der Waals surface area contributed by atoms with E-state index in [0.717, 1.165) is 5.56 Å². The number of nitrogens with one attached hydrogen (secondary N) is 1. The van der Waals surface area contributed by atoms with Crippen LogP contribution in [0.1, 0.15) is 34.5 Å². The van der Waals surface area contributed by atoms with Gasteiger partial charge >= 0.3 is 0 Å². The number of aryl methyl sites for hydroxylation is 1. The highest BCUT2D eigenvalue weighted by Gasteiger charge is 2.15. The number of benzene rings is 3. The lowest BCUT2D eigenvalue weighted by molar-refractivity contribution is 0.0940. The molecule has 1 amide bonds. The summed E-state index contributed by atoms with van der Waals surface area (Å²) in [5.74, 6) is 0.371. The van der Waals surface area contributed by atoms with Gasteiger partial charge in [0.1, 0.15) is 16.9 Å². The fourth-order valence-electron chi connectivity index (χ4n) is 3.32. The van der Waals surface area contributed by atoms with Gasteiger partial charge in [-0.1, -0.05) is 29.8 Å². The Morgan fingerprint density at radius 3 is 2.45 bits per heavy atom. The van der Waals surface area contributed by atoms with Gasteiger partial charge in [-0.3, -0.25) is 9.59 Å². The van der Waals surface area contributed by atoms with Crippen molar-refractivity contribution < 1.29 is 13.9 Å². The molecule has 0 saturated heterocycles. The first-order chi connectivity index (χ1) is 14.0. The summed E-state index contributed by atoms with van der Waals surface area (Å²) < 4.78 is 11.0. The number of hydrogen-bond acceptors (Lipinski definition) is 4. The fourth-order valence-corrected chi connectivity index (χ4v) is 3.32. The third-order valence-electron chi connectivity index (χ3n) is 5.06. The minimum Gasteiger partial charge on any atom is -0.497 e. The molecular formula is C24H21NO4. The summed E-state index contributed by atoms with van der Waals surface area (Å²) in [6.45, 7) is 3.95. The summed E-state index contributed by atoms with van der Waals surface area (Å²) in [5, 5.41) is 3.80. The highest BCUT2D eigenvalue weighted by molar-refractivity contribution is 5.99. The molecule has 0 fully saturated rings. The van der Waals surface area contributed by atoms with E-state index in [0.29, 0.717) is 33.3 Å². The molecule has 0 radical (unpaired) electrons. The maximum atomic E-state index is 12.9. The molecule has 3 aromatic carbocycles. The van der Waals surface area contributed by atoms with E-state index < -0.39 is 0 Å². The maximum Gasteiger partial charge on any atom is 0.251 e. The molecule has 4 aromatic rings. The van der Waals surface area contributed by atoms with Gasteiger partial charge in [0, 0.05) is 11.6 Å². The Labute approximate surface area is 167 Å². The van der Waals surface area contributed by atoms with E-state index in [1.54, 1.807) is 43.5 Å². The van der Waals surface area contributed by atoms with Crippen LogP contribution in [0.4, 0.5) is 0 Å². The van der Waals surface area contributed by atoms with Crippen molar-refractivity contribution in [2.45, 2.75) is 19.9 Å². The van der Waals surface area contributed by atoms with Crippen LogP contribution in [-0.4, -0.2) is 13.0 Å². The van der Waals surface area contributed by atoms with Crippen molar-refractivity contribution in [2.24, 2.45) is 0 Å². The number of carbonyl (C=O) groups excluding carboxylic acids is 1. The van der Waals surface area contributed by atoms with E-state index in [-0.39, 0.29) is 17.4 Å². The van der Waals surface area contributed by atoms with Crippen LogP contribution >= 0.6 is 0 Å². The first-order valence-electron chi connectivity index (χ1n) is 9.38. The number of fused-ring (bicyclic) bond motifs is 2. The molecule has 0 aliphatic heterocycles. The Kier molecular flexibility index (Phi) is 4.80. The second-order valence-corrected chi connectivity index (χ2v) is 7.11. The molecule has 0 bridgehead atoms. The lowest BCUT2D eigenvalue weighted by Crippen LogP contribution is -2.26. The van der Waals surface area contributed by atoms with Crippen LogP contribution in [0.5, 0.6) is 5.75 Å². The van der Waals surface area contributed by atoms with Crippen LogP contribution in [0.2, 0.25) is 0 Å². The maximum absolute atomic E-state index is 12.9. The van der Waals surface area contributed by atoms with Crippen LogP contribution in [-0.2, 0) is 0 Å². The van der Waals surface area contributed by atoms with Crippen LogP contribution in [0, 0.1) is 6.92 Å². The van der Waals surface area contributed by atoms with Gasteiger partial charge in [-0.25, -0.2) is 0 Å². The predicted molar refractivity (Wildman–Crippen MR) is 114 cm³/mol. The number of ether oxygens (including phenoxy) is 1. The first-order valence-corrected chi connectivity index (χ1v) is 9.38. The van der Waals surface area contributed by atoms with Crippen molar-refractivity contribution in [3.8, 4) is 5.75 Å². The summed E-state index contributed by atoms with van der Waals surface area (Å²) in [6.07, 6.45) is 0. The summed E-state index contributed by atoms with van der Waals surface area (Å²) >= 11 is 0. The molecule has 5 heteroatoms. The summed E-state index contributed by atoms with van der Waals surface area (Å²) in [5.41, 5.74) is 3.30. The lowest BCUT2D eigenvalue weighted by Gasteiger charge is -2.15. The van der Waals surface area contributed by atoms with E-state index >= 15 is 0 Å². The largest absolute Gasteiger partial charge is 0.497 e. The zero-order valence-electron chi connectivity index (χ0n) is 16.5. The van der Waals surface area contributed by atoms with Gasteiger partial charge in [-0.2, -0.15) is 0 Å². The van der Waals surface area contributed by atoms with E-state index in [1.807, 2.05) is 38.1 Å². The van der Waals surface area contributed by atoms with Gasteiger partial charge in [-0.15, -0.1) is 0 Å². The lowest BCUT2D eigenvalue weighted by atomic mass is 10.1. The highest BCUT2D eigenvalue weighted by Crippen LogP contribution is 2.23. The van der Waals surface area contributed by atoms with Crippen molar-refractivity contribution in [1.29, 1.82) is 0 Å². The smallest absolute Gasteiger partial charge is 0.251 e. The molecule has 1 aromatic heterocycles. The summed E-state index contributed by atoms with van der Waals surface area (Å²) in [6, 6.07) is 17.8. The molecule has 0 saturated carbocycles. The van der Waals surface area contributed by atoms with Crippen LogP contribution in [0.25, 0.3) is 21.9 Å². The Bertz CT molecular complexity index is 1270. The summed E-state index contributed by atoms with van der Waals surface area (Å²) in [4.78, 5) is 25.6. The van der Waals surface area contributed by atoms with E-state index in [1.165, 1.54) is 5.56 Å². The number of rotatable bonds is 4. The van der Waals surface area contributed by atoms with Crippen LogP contribution in [0.3, 0.4) is 0 Å². The molecule has 1 atom stereocenters. The van der Waals surface area contributed by atoms with Gasteiger partial charge < -0.3 is 14.5 Å². The third-order valence-corrected chi connectivity index (χ3v) is 5.06. The van der Waals surface area contributed by atoms with Crippen molar-refractivity contribution in [3.63, 3.8) is 0 Å². The van der Waals surface area contributed by atoms with Crippen molar-refractivity contribution in [3.05, 3.63) is 87.6 Å². The number of hydrogen-bond donors (Lipinski definition) is 1. The molecule has 4 rings (SSSR count). The van der Waals surface area contributed by atoms with Crippen molar-refractivity contribution in [1.82, 2.24) is 5.32 Å². The zero-order valence-corrected chi connectivity index (χ0v) is 16.5. The molecule has 29 heavy (non-hydrogen) atoms. The van der Waals surface area contributed by atoms with E-state index in [4.69, 9.17) is 9.15 Å². The Balaban J connectivity index is 1.68. The molecule has 0 spiro atoms. The first kappa shape index (κ1) is 18.7. The van der Waals surface area contributed by atoms with Crippen molar-refractivity contribution in [2.75, 3.05) is 7.11 Å². The monoisotopic (exact) mass is 387 g/mol. The van der Waals surface area contributed by atoms with Gasteiger partial charge in [0.2, 0.25) is 5.43 Å². The molecule has 0 unspecified atom stereocenters. The minimum atomic E-state index is -0.241. The highest BCUT2D eigenvalue weighted by atomic mass is 16.5. The average Bonchev–Trinajstić information content (AvgIpc) is 2.73. The molecule has 1 heterocycles. The normalized spacial score (nSPS) is 12.1. The number of amides is 1. The third kappa shape index (κ3) is 3.59. The standard InChI is InChI=1S/C24H21NO4/c1-14-4-6-16(7-5-14)15(2)25-24(27)17-8-11-21-20(12-17)23(26)19-10-9-18(28-3)13-22(19)29-21/h4-13,15H,1-3H3,(H,25,27)/t15-/m0/s1. The van der Waals surface area contributed by atoms with E-state index in [9.17, 15) is 9.59 Å². The number of methoxy groups -OCH3 is 1. The van der Waals surface area contributed by atoms with Gasteiger partial charge in [0.05, 0.1) is 23.9 Å². The molecule has 0 aliphatic rings. The predicted octanol–water partition coefficient (Wildman–Crippen LogP) is 4.75. The summed E-state index contributed by atoms with van der Waals surface area (Å²) in [7, 11) is 1.56. The second-order valence-electron chi connectivity index (χ2n) is 7.11. The number of carbonyl (C=O) groups is 1. The Morgan fingerprint density at radius 2 is 1.72 bits per heavy atom. The van der Waals surface area contributed by atoms with E-state index in [2.05, 4.69) is 5.32 Å². The fraction of sp³-hybridized carbons (Fsp3) is 0.167. The average molecular weight is 387 g/mol. The Hall–Kier alpha value is -3.60. The van der Waals surface area contributed by atoms with Crippen LogP contribution in [0.15, 0.2) is 69.9 Å². The molecule has 1 N–H and O–H groups in total. The quantitative estimate of drug-likeness (QED) is 0.513. The minimum absolute atomic E-state index is 0.153. The zero-order chi connectivity index (χ0) is 20.5. The SMILES string of the molecule is COc1ccc2c(=O)c3cc(C(=O)N[C@@H](C)c4ccc(C)cc4)ccc3oc2c1. The molecule has 146 valence electrons. The molecular weight excluding hydrogens is 366 g/mol. The van der Waals surface area contributed by atoms with Crippen molar-refractivity contribution >= 4 is 27.8 Å². The topological polar surface area (TPSA) is 68.5 Å².